The third kappa shape index (κ3) is 2.02. The van der Waals surface area contributed by atoms with Gasteiger partial charge < -0.3 is 0 Å². The van der Waals surface area contributed by atoms with Gasteiger partial charge in [-0.3, -0.25) is 0 Å². The molecule has 0 aromatic heterocycles. The highest BCUT2D eigenvalue weighted by molar-refractivity contribution is 5.82. The molecule has 0 atom stereocenters. The minimum absolute atomic E-state index is 0.0477. The fraction of sp³-hybridized carbons (Fsp3) is 0.174. The zero-order chi connectivity index (χ0) is 16.0. The summed E-state index contributed by atoms with van der Waals surface area (Å²) in [7, 11) is 0. The monoisotopic (exact) mass is 297 g/mol. The number of fused-ring (bicyclic) bond motifs is 3. The summed E-state index contributed by atoms with van der Waals surface area (Å²) in [6, 6.07) is 13.3. The van der Waals surface area contributed by atoms with Gasteiger partial charge in [-0.1, -0.05) is 68.0 Å². The van der Waals surface area contributed by atoms with Crippen LogP contribution in [0.3, 0.4) is 0 Å². The van der Waals surface area contributed by atoms with E-state index >= 15 is 0 Å². The SMILES string of the molecule is C=c1c2c(ccc1=C1C=CC=CC[CH-]1)C(C)(C)c1ccccc1-2. The third-order valence-electron chi connectivity index (χ3n) is 5.16. The standard InChI is InChI=1S/C23H21/c1-16-18(17-10-6-4-5-7-11-17)14-15-21-22(16)19-12-8-9-13-20(19)23(21,2)3/h4-6,8-15H,1,7H2,2-3H3/q-1. The number of rotatable bonds is 0. The summed E-state index contributed by atoms with van der Waals surface area (Å²) in [5.74, 6) is 0. The van der Waals surface area contributed by atoms with Crippen LogP contribution >= 0.6 is 0 Å². The van der Waals surface area contributed by atoms with Crippen molar-refractivity contribution in [2.45, 2.75) is 25.7 Å². The molecule has 0 nitrogen and oxygen atoms in total. The molecule has 0 fully saturated rings. The second-order valence-corrected chi connectivity index (χ2v) is 6.87. The topological polar surface area (TPSA) is 0 Å². The van der Waals surface area contributed by atoms with Gasteiger partial charge in [0, 0.05) is 5.41 Å². The van der Waals surface area contributed by atoms with Crippen molar-refractivity contribution in [2.24, 2.45) is 0 Å². The first-order valence-corrected chi connectivity index (χ1v) is 8.24. The molecular formula is C23H21-. The molecular weight excluding hydrogens is 276 g/mol. The van der Waals surface area contributed by atoms with Crippen molar-refractivity contribution in [3.05, 3.63) is 88.7 Å². The van der Waals surface area contributed by atoms with Gasteiger partial charge >= 0.3 is 0 Å². The van der Waals surface area contributed by atoms with Crippen LogP contribution in [0.25, 0.3) is 23.3 Å². The molecule has 0 bridgehead atoms. The van der Waals surface area contributed by atoms with Crippen LogP contribution in [0.1, 0.15) is 31.4 Å². The molecule has 2 aliphatic carbocycles. The largest absolute Gasteiger partial charge is 0.184 e. The highest BCUT2D eigenvalue weighted by atomic mass is 14.4. The molecule has 0 aliphatic heterocycles. The van der Waals surface area contributed by atoms with Gasteiger partial charge in [-0.25, -0.2) is 0 Å². The predicted octanol–water partition coefficient (Wildman–Crippen LogP) is 4.27. The van der Waals surface area contributed by atoms with Crippen molar-refractivity contribution < 1.29 is 0 Å². The van der Waals surface area contributed by atoms with E-state index in [4.69, 9.17) is 0 Å². The van der Waals surface area contributed by atoms with E-state index in [9.17, 15) is 0 Å². The highest BCUT2D eigenvalue weighted by Crippen LogP contribution is 2.46. The van der Waals surface area contributed by atoms with Crippen LogP contribution in [0.5, 0.6) is 0 Å². The summed E-state index contributed by atoms with van der Waals surface area (Å²) in [5, 5.41) is 2.40. The van der Waals surface area contributed by atoms with Gasteiger partial charge in [0.2, 0.25) is 0 Å². The molecule has 0 spiro atoms. The van der Waals surface area contributed by atoms with Crippen LogP contribution in [0, 0.1) is 6.42 Å². The van der Waals surface area contributed by atoms with Gasteiger partial charge in [0.25, 0.3) is 0 Å². The Kier molecular flexibility index (Phi) is 3.09. The van der Waals surface area contributed by atoms with Gasteiger partial charge in [-0.05, 0) is 22.3 Å². The molecule has 0 N–H and O–H groups in total. The molecule has 2 aliphatic rings. The predicted molar refractivity (Wildman–Crippen MR) is 99.4 cm³/mol. The number of hydrogen-bond donors (Lipinski definition) is 0. The summed E-state index contributed by atoms with van der Waals surface area (Å²) < 4.78 is 0. The van der Waals surface area contributed by atoms with Crippen LogP contribution < -0.4 is 10.4 Å². The first-order chi connectivity index (χ1) is 11.1. The Hall–Kier alpha value is -2.47. The Morgan fingerprint density at radius 1 is 1.00 bits per heavy atom. The van der Waals surface area contributed by atoms with E-state index in [1.165, 1.54) is 33.0 Å². The maximum absolute atomic E-state index is 4.47. The maximum Gasteiger partial charge on any atom is 0.0158 e. The molecule has 4 rings (SSSR count). The smallest absolute Gasteiger partial charge is 0.0158 e. The molecule has 0 heteroatoms. The van der Waals surface area contributed by atoms with Crippen LogP contribution in [-0.2, 0) is 5.41 Å². The molecule has 0 saturated heterocycles. The average molecular weight is 297 g/mol. The fourth-order valence-corrected chi connectivity index (χ4v) is 3.92. The second-order valence-electron chi connectivity index (χ2n) is 6.87. The summed E-state index contributed by atoms with van der Waals surface area (Å²) in [6.45, 7) is 9.09. The lowest BCUT2D eigenvalue weighted by molar-refractivity contribution is 0.660. The van der Waals surface area contributed by atoms with Gasteiger partial charge in [-0.2, -0.15) is 18.1 Å². The Morgan fingerprint density at radius 3 is 2.70 bits per heavy atom. The quantitative estimate of drug-likeness (QED) is 0.637. The van der Waals surface area contributed by atoms with Crippen LogP contribution in [0.4, 0.5) is 0 Å². The van der Waals surface area contributed by atoms with Crippen molar-refractivity contribution in [1.29, 1.82) is 0 Å². The van der Waals surface area contributed by atoms with Gasteiger partial charge in [0.05, 0.1) is 0 Å². The van der Waals surface area contributed by atoms with Crippen molar-refractivity contribution >= 4 is 12.2 Å². The van der Waals surface area contributed by atoms with Crippen molar-refractivity contribution in [1.82, 2.24) is 0 Å². The second kappa shape index (κ2) is 5.03. The molecule has 2 aromatic carbocycles. The summed E-state index contributed by atoms with van der Waals surface area (Å²) in [4.78, 5) is 0. The van der Waals surface area contributed by atoms with Crippen LogP contribution in [-0.4, -0.2) is 0 Å². The molecule has 23 heavy (non-hydrogen) atoms. The zero-order valence-electron chi connectivity index (χ0n) is 13.8. The van der Waals surface area contributed by atoms with E-state index in [1.807, 2.05) is 0 Å². The molecule has 2 aromatic rings. The molecule has 0 saturated carbocycles. The minimum Gasteiger partial charge on any atom is -0.184 e. The lowest BCUT2D eigenvalue weighted by Crippen LogP contribution is -2.29. The molecule has 0 amide bonds. The summed E-state index contributed by atoms with van der Waals surface area (Å²) in [6.07, 6.45) is 11.8. The third-order valence-corrected chi connectivity index (χ3v) is 5.16. The molecule has 0 radical (unpaired) electrons. The molecule has 0 unspecified atom stereocenters. The average Bonchev–Trinajstić information content (AvgIpc) is 2.74. The maximum atomic E-state index is 4.47. The van der Waals surface area contributed by atoms with Crippen molar-refractivity contribution in [3.8, 4) is 11.1 Å². The van der Waals surface area contributed by atoms with Gasteiger partial charge in [-0.15, -0.1) is 23.9 Å². The number of hydrogen-bond acceptors (Lipinski definition) is 0. The first kappa shape index (κ1) is 14.1. The number of benzene rings is 2. The van der Waals surface area contributed by atoms with E-state index in [1.54, 1.807) is 0 Å². The Labute approximate surface area is 138 Å². The van der Waals surface area contributed by atoms with Gasteiger partial charge in [0.15, 0.2) is 0 Å². The summed E-state index contributed by atoms with van der Waals surface area (Å²) >= 11 is 0. The van der Waals surface area contributed by atoms with E-state index in [-0.39, 0.29) is 5.41 Å². The minimum atomic E-state index is 0.0477. The lowest BCUT2D eigenvalue weighted by atomic mass is 9.82. The first-order valence-electron chi connectivity index (χ1n) is 8.24. The van der Waals surface area contributed by atoms with E-state index in [0.29, 0.717) is 0 Å². The van der Waals surface area contributed by atoms with Crippen molar-refractivity contribution in [2.75, 3.05) is 0 Å². The Morgan fingerprint density at radius 2 is 1.83 bits per heavy atom. The lowest BCUT2D eigenvalue weighted by Gasteiger charge is -2.22. The Balaban J connectivity index is 2.06. The zero-order valence-corrected chi connectivity index (χ0v) is 13.8. The number of allylic oxidation sites excluding steroid dienone is 4. The van der Waals surface area contributed by atoms with Crippen LogP contribution in [0.2, 0.25) is 0 Å². The van der Waals surface area contributed by atoms with E-state index in [2.05, 4.69) is 87.5 Å². The Bertz CT molecular complexity index is 952. The van der Waals surface area contributed by atoms with E-state index in [0.717, 1.165) is 11.6 Å². The normalized spacial score (nSPS) is 19.7. The van der Waals surface area contributed by atoms with Crippen molar-refractivity contribution in [3.63, 3.8) is 0 Å². The van der Waals surface area contributed by atoms with Crippen LogP contribution in [0.15, 0.2) is 60.7 Å². The van der Waals surface area contributed by atoms with Gasteiger partial charge in [0.1, 0.15) is 0 Å². The molecule has 114 valence electrons. The fourth-order valence-electron chi connectivity index (χ4n) is 3.92. The highest BCUT2D eigenvalue weighted by Gasteiger charge is 2.34. The van der Waals surface area contributed by atoms with E-state index < -0.39 is 0 Å². The summed E-state index contributed by atoms with van der Waals surface area (Å²) in [5.41, 5.74) is 6.79. The molecule has 0 heterocycles.